The highest BCUT2D eigenvalue weighted by molar-refractivity contribution is 9.10. The Bertz CT molecular complexity index is 1170. The Hall–Kier alpha value is -2.57. The Balaban J connectivity index is 2.00. The van der Waals surface area contributed by atoms with Crippen molar-refractivity contribution in [1.29, 1.82) is 0 Å². The van der Waals surface area contributed by atoms with Gasteiger partial charge in [-0.05, 0) is 41.5 Å². The van der Waals surface area contributed by atoms with Crippen LogP contribution in [0.15, 0.2) is 77.3 Å². The summed E-state index contributed by atoms with van der Waals surface area (Å²) in [6, 6.07) is 20.7. The lowest BCUT2D eigenvalue weighted by molar-refractivity contribution is -0.137. The van der Waals surface area contributed by atoms with Crippen LogP contribution in [-0.2, 0) is 19.3 Å². The van der Waals surface area contributed by atoms with Gasteiger partial charge in [0.15, 0.2) is 0 Å². The summed E-state index contributed by atoms with van der Waals surface area (Å²) in [5.74, 6) is 0. The molecule has 0 aliphatic carbocycles. The molecule has 1 aromatic heterocycles. The smallest absolute Gasteiger partial charge is 0.390 e. The van der Waals surface area contributed by atoms with Crippen molar-refractivity contribution in [3.8, 4) is 11.1 Å². The third kappa shape index (κ3) is 3.82. The molecule has 1 heterocycles. The number of nitrogens with zero attached hydrogens (tertiary/aromatic N) is 1. The number of hydrogen-bond acceptors (Lipinski definition) is 1. The molecule has 0 atom stereocenters. The van der Waals surface area contributed by atoms with Crippen LogP contribution in [0.4, 0.5) is 13.2 Å². The molecule has 0 aliphatic rings. The van der Waals surface area contributed by atoms with Gasteiger partial charge in [0.25, 0.3) is 0 Å². The first-order valence-electron chi connectivity index (χ1n) is 9.01. The normalized spacial score (nSPS) is 11.9. The predicted octanol–water partition coefficient (Wildman–Crippen LogP) is 6.63. The van der Waals surface area contributed by atoms with Gasteiger partial charge in [0, 0.05) is 27.5 Å². The van der Waals surface area contributed by atoms with Crippen LogP contribution < -0.4 is 0 Å². The van der Waals surface area contributed by atoms with Crippen LogP contribution in [0.5, 0.6) is 0 Å². The first kappa shape index (κ1) is 19.7. The Morgan fingerprint density at radius 3 is 2.31 bits per heavy atom. The lowest BCUT2D eigenvalue weighted by Gasteiger charge is -2.11. The second kappa shape index (κ2) is 7.69. The second-order valence-electron chi connectivity index (χ2n) is 6.79. The van der Waals surface area contributed by atoms with Crippen LogP contribution in [0.2, 0.25) is 0 Å². The number of aromatic nitrogens is 1. The zero-order valence-electron chi connectivity index (χ0n) is 15.2. The Kier molecular flexibility index (Phi) is 5.23. The minimum atomic E-state index is -4.44. The molecule has 4 rings (SSSR count). The van der Waals surface area contributed by atoms with Gasteiger partial charge >= 0.3 is 6.18 Å². The molecule has 6 heteroatoms. The maximum atomic E-state index is 13.4. The van der Waals surface area contributed by atoms with Crippen molar-refractivity contribution in [2.24, 2.45) is 0 Å². The van der Waals surface area contributed by atoms with Crippen molar-refractivity contribution in [3.05, 3.63) is 94.1 Å². The van der Waals surface area contributed by atoms with Crippen molar-refractivity contribution in [2.45, 2.75) is 19.3 Å². The van der Waals surface area contributed by atoms with Crippen LogP contribution >= 0.6 is 15.9 Å². The monoisotopic (exact) mass is 459 g/mol. The molecule has 3 aromatic carbocycles. The van der Waals surface area contributed by atoms with Gasteiger partial charge in [0.2, 0.25) is 0 Å². The zero-order chi connectivity index (χ0) is 20.6. The van der Waals surface area contributed by atoms with Crippen LogP contribution in [0.1, 0.15) is 16.8 Å². The number of aliphatic hydroxyl groups excluding tert-OH is 1. The van der Waals surface area contributed by atoms with E-state index in [-0.39, 0.29) is 6.61 Å². The van der Waals surface area contributed by atoms with Crippen molar-refractivity contribution < 1.29 is 18.3 Å². The van der Waals surface area contributed by atoms with Gasteiger partial charge in [0.05, 0.1) is 17.9 Å². The molecule has 2 nitrogen and oxygen atoms in total. The van der Waals surface area contributed by atoms with Gasteiger partial charge in [-0.2, -0.15) is 13.2 Å². The molecule has 0 radical (unpaired) electrons. The summed E-state index contributed by atoms with van der Waals surface area (Å²) in [6.07, 6.45) is -4.44. The van der Waals surface area contributed by atoms with E-state index in [1.54, 1.807) is 0 Å². The molecule has 0 aliphatic heterocycles. The Morgan fingerprint density at radius 1 is 0.897 bits per heavy atom. The molecular weight excluding hydrogens is 443 g/mol. The first-order chi connectivity index (χ1) is 13.9. The molecule has 0 saturated heterocycles. The van der Waals surface area contributed by atoms with Crippen LogP contribution in [0.25, 0.3) is 22.0 Å². The SMILES string of the molecule is OCc1c(-c2ccccc2)c2cc(C(F)(F)F)ccc2n1Cc1cccc(Br)c1. The van der Waals surface area contributed by atoms with E-state index in [9.17, 15) is 18.3 Å². The topological polar surface area (TPSA) is 25.2 Å². The number of benzene rings is 3. The van der Waals surface area contributed by atoms with Crippen LogP contribution in [-0.4, -0.2) is 9.67 Å². The van der Waals surface area contributed by atoms with E-state index in [2.05, 4.69) is 15.9 Å². The lowest BCUT2D eigenvalue weighted by atomic mass is 10.0. The van der Waals surface area contributed by atoms with Gasteiger partial charge < -0.3 is 9.67 Å². The van der Waals surface area contributed by atoms with Crippen LogP contribution in [0.3, 0.4) is 0 Å². The van der Waals surface area contributed by atoms with Gasteiger partial charge in [-0.1, -0.05) is 58.4 Å². The molecular formula is C23H17BrF3NO. The van der Waals surface area contributed by atoms with E-state index in [0.29, 0.717) is 28.7 Å². The molecule has 0 unspecified atom stereocenters. The minimum Gasteiger partial charge on any atom is -0.390 e. The van der Waals surface area contributed by atoms with Gasteiger partial charge in [-0.25, -0.2) is 0 Å². The van der Waals surface area contributed by atoms with E-state index in [1.807, 2.05) is 59.2 Å². The fourth-order valence-corrected chi connectivity index (χ4v) is 4.12. The summed E-state index contributed by atoms with van der Waals surface area (Å²) in [5, 5.41) is 10.6. The number of rotatable bonds is 4. The average Bonchev–Trinajstić information content (AvgIpc) is 3.00. The highest BCUT2D eigenvalue weighted by Gasteiger charge is 2.31. The molecule has 148 valence electrons. The number of fused-ring (bicyclic) bond motifs is 1. The van der Waals surface area contributed by atoms with Crippen LogP contribution in [0, 0.1) is 0 Å². The predicted molar refractivity (Wildman–Crippen MR) is 112 cm³/mol. The van der Waals surface area contributed by atoms with Gasteiger partial charge in [-0.15, -0.1) is 0 Å². The highest BCUT2D eigenvalue weighted by atomic mass is 79.9. The standard InChI is InChI=1S/C23H17BrF3NO/c24-18-8-4-5-15(11-18)13-28-20-10-9-17(23(25,26)27)12-19(20)22(21(28)14-29)16-6-2-1-3-7-16/h1-12,29H,13-14H2. The van der Waals surface area contributed by atoms with E-state index in [1.165, 1.54) is 12.1 Å². The maximum absolute atomic E-state index is 13.4. The molecule has 29 heavy (non-hydrogen) atoms. The molecule has 0 bridgehead atoms. The molecule has 1 N–H and O–H groups in total. The van der Waals surface area contributed by atoms with E-state index in [4.69, 9.17) is 0 Å². The number of aliphatic hydroxyl groups is 1. The number of hydrogen-bond donors (Lipinski definition) is 1. The highest BCUT2D eigenvalue weighted by Crippen LogP contribution is 2.39. The Morgan fingerprint density at radius 2 is 1.66 bits per heavy atom. The van der Waals surface area contributed by atoms with Gasteiger partial charge in [0.1, 0.15) is 0 Å². The molecule has 0 spiro atoms. The van der Waals surface area contributed by atoms with E-state index < -0.39 is 11.7 Å². The summed E-state index contributed by atoms with van der Waals surface area (Å²) in [7, 11) is 0. The number of halogens is 4. The second-order valence-corrected chi connectivity index (χ2v) is 7.71. The third-order valence-corrected chi connectivity index (χ3v) is 5.43. The average molecular weight is 460 g/mol. The largest absolute Gasteiger partial charge is 0.416 e. The van der Waals surface area contributed by atoms with E-state index >= 15 is 0 Å². The summed E-state index contributed by atoms with van der Waals surface area (Å²) < 4.78 is 42.9. The third-order valence-electron chi connectivity index (χ3n) is 4.94. The lowest BCUT2D eigenvalue weighted by Crippen LogP contribution is -2.06. The fraction of sp³-hybridized carbons (Fsp3) is 0.130. The van der Waals surface area contributed by atoms with Gasteiger partial charge in [-0.3, -0.25) is 0 Å². The molecule has 0 saturated carbocycles. The maximum Gasteiger partial charge on any atom is 0.416 e. The molecule has 4 aromatic rings. The Labute approximate surface area is 174 Å². The molecule has 0 amide bonds. The fourth-order valence-electron chi connectivity index (χ4n) is 3.67. The van der Waals surface area contributed by atoms with Crippen molar-refractivity contribution in [3.63, 3.8) is 0 Å². The van der Waals surface area contributed by atoms with Crippen molar-refractivity contribution in [1.82, 2.24) is 4.57 Å². The summed E-state index contributed by atoms with van der Waals surface area (Å²) in [5.41, 5.74) is 2.92. The van der Waals surface area contributed by atoms with Crippen molar-refractivity contribution >= 4 is 26.8 Å². The molecule has 0 fully saturated rings. The summed E-state index contributed by atoms with van der Waals surface area (Å²) >= 11 is 3.45. The number of alkyl halides is 3. The summed E-state index contributed by atoms with van der Waals surface area (Å²) in [6.45, 7) is 0.151. The van der Waals surface area contributed by atoms with E-state index in [0.717, 1.165) is 21.7 Å². The zero-order valence-corrected chi connectivity index (χ0v) is 16.8. The minimum absolute atomic E-state index is 0.283. The quantitative estimate of drug-likeness (QED) is 0.364. The summed E-state index contributed by atoms with van der Waals surface area (Å²) in [4.78, 5) is 0. The first-order valence-corrected chi connectivity index (χ1v) is 9.81. The van der Waals surface area contributed by atoms with Crippen molar-refractivity contribution in [2.75, 3.05) is 0 Å².